The van der Waals surface area contributed by atoms with Crippen LogP contribution in [-0.2, 0) is 12.0 Å². The number of anilines is 2. The number of hydrogen-bond acceptors (Lipinski definition) is 2. The third kappa shape index (κ3) is 3.98. The highest BCUT2D eigenvalue weighted by molar-refractivity contribution is 6.03. The zero-order chi connectivity index (χ0) is 22.1. The van der Waals surface area contributed by atoms with Crippen molar-refractivity contribution in [2.24, 2.45) is 0 Å². The molecule has 5 rings (SSSR count). The number of benzene rings is 3. The number of rotatable bonds is 3. The molecule has 1 spiro atoms. The number of likely N-dealkylation sites (tertiary alicyclic amines) is 1. The molecule has 6 heteroatoms. The van der Waals surface area contributed by atoms with Gasteiger partial charge in [-0.05, 0) is 79.5 Å². The van der Waals surface area contributed by atoms with Crippen LogP contribution in [0.15, 0.2) is 72.8 Å². The average molecular weight is 434 g/mol. The Labute approximate surface area is 186 Å². The van der Waals surface area contributed by atoms with Gasteiger partial charge in [-0.2, -0.15) is 0 Å². The van der Waals surface area contributed by atoms with Crippen LogP contribution in [0.25, 0.3) is 0 Å². The molecule has 2 aliphatic rings. The second-order valence-electron chi connectivity index (χ2n) is 8.73. The fourth-order valence-corrected chi connectivity index (χ4v) is 4.95. The smallest absolute Gasteiger partial charge is 0.308 e. The molecule has 0 atom stereocenters. The molecule has 2 aliphatic heterocycles. The first kappa shape index (κ1) is 20.6. The number of nitrogens with one attached hydrogen (secondary N) is 1. The van der Waals surface area contributed by atoms with Gasteiger partial charge in [0.05, 0.1) is 0 Å². The number of nitrogens with zero attached hydrogens (tertiary/aromatic N) is 2. The van der Waals surface area contributed by atoms with Crippen LogP contribution in [-0.4, -0.2) is 30.6 Å². The number of piperidine rings is 1. The van der Waals surface area contributed by atoms with Gasteiger partial charge < -0.3 is 5.32 Å². The van der Waals surface area contributed by atoms with E-state index in [1.165, 1.54) is 18.2 Å². The topological polar surface area (TPSA) is 35.6 Å². The third-order valence-electron chi connectivity index (χ3n) is 6.68. The summed E-state index contributed by atoms with van der Waals surface area (Å²) in [5.74, 6) is -0.507. The van der Waals surface area contributed by atoms with Gasteiger partial charge in [-0.15, -0.1) is 0 Å². The second-order valence-corrected chi connectivity index (χ2v) is 8.73. The lowest BCUT2D eigenvalue weighted by atomic mass is 9.74. The number of carbonyl (C=O) groups is 1. The van der Waals surface area contributed by atoms with E-state index in [4.69, 9.17) is 0 Å². The van der Waals surface area contributed by atoms with Gasteiger partial charge in [0.2, 0.25) is 0 Å². The Kier molecular flexibility index (Phi) is 5.39. The molecule has 1 saturated heterocycles. The standard InChI is InChI=1S/C26H25F2N3O/c27-20-8-6-19(7-9-20)17-30-14-12-26(13-15-30)18-31(24-11-10-21(28)16-23(24)26)25(32)29-22-4-2-1-3-5-22/h1-11,16H,12-15,17-18H2,(H,29,32). The number of hydrogen-bond donors (Lipinski definition) is 1. The van der Waals surface area contributed by atoms with Crippen molar-refractivity contribution in [3.63, 3.8) is 0 Å². The monoisotopic (exact) mass is 433 g/mol. The van der Waals surface area contributed by atoms with Crippen molar-refractivity contribution in [1.82, 2.24) is 4.90 Å². The Bertz CT molecular complexity index is 1110. The summed E-state index contributed by atoms with van der Waals surface area (Å²) in [6, 6.07) is 20.5. The maximum Gasteiger partial charge on any atom is 0.326 e. The van der Waals surface area contributed by atoms with E-state index in [1.54, 1.807) is 17.0 Å². The lowest BCUT2D eigenvalue weighted by molar-refractivity contribution is 0.160. The molecule has 1 N–H and O–H groups in total. The Morgan fingerprint density at radius 3 is 2.31 bits per heavy atom. The molecule has 0 unspecified atom stereocenters. The fraction of sp³-hybridized carbons (Fsp3) is 0.269. The number of fused-ring (bicyclic) bond motifs is 2. The van der Waals surface area contributed by atoms with Crippen molar-refractivity contribution in [1.29, 1.82) is 0 Å². The highest BCUT2D eigenvalue weighted by atomic mass is 19.1. The van der Waals surface area contributed by atoms with Crippen molar-refractivity contribution in [3.8, 4) is 0 Å². The van der Waals surface area contributed by atoms with Crippen LogP contribution in [0.2, 0.25) is 0 Å². The molecule has 2 heterocycles. The van der Waals surface area contributed by atoms with Crippen molar-refractivity contribution in [2.45, 2.75) is 24.8 Å². The normalized spacial score (nSPS) is 17.4. The first-order chi connectivity index (χ1) is 15.5. The van der Waals surface area contributed by atoms with E-state index in [9.17, 15) is 13.6 Å². The van der Waals surface area contributed by atoms with Gasteiger partial charge >= 0.3 is 6.03 Å². The summed E-state index contributed by atoms with van der Waals surface area (Å²) < 4.78 is 27.4. The van der Waals surface area contributed by atoms with E-state index < -0.39 is 0 Å². The molecular formula is C26H25F2N3O. The van der Waals surface area contributed by atoms with Crippen LogP contribution in [0.1, 0.15) is 24.0 Å². The number of halogens is 2. The largest absolute Gasteiger partial charge is 0.326 e. The first-order valence-corrected chi connectivity index (χ1v) is 10.9. The number of amides is 2. The Hall–Kier alpha value is -3.25. The van der Waals surface area contributed by atoms with Gasteiger partial charge in [-0.3, -0.25) is 9.80 Å². The molecule has 32 heavy (non-hydrogen) atoms. The van der Waals surface area contributed by atoms with Crippen molar-refractivity contribution < 1.29 is 13.6 Å². The molecule has 1 fully saturated rings. The second kappa shape index (κ2) is 8.36. The molecule has 3 aromatic rings. The highest BCUT2D eigenvalue weighted by Gasteiger charge is 2.46. The summed E-state index contributed by atoms with van der Waals surface area (Å²) in [6.45, 7) is 2.96. The molecule has 4 nitrogen and oxygen atoms in total. The zero-order valence-electron chi connectivity index (χ0n) is 17.7. The Morgan fingerprint density at radius 2 is 1.59 bits per heavy atom. The van der Waals surface area contributed by atoms with Crippen LogP contribution < -0.4 is 10.2 Å². The molecule has 0 aromatic heterocycles. The fourth-order valence-electron chi connectivity index (χ4n) is 4.95. The summed E-state index contributed by atoms with van der Waals surface area (Å²) >= 11 is 0. The van der Waals surface area contributed by atoms with E-state index in [1.807, 2.05) is 42.5 Å². The zero-order valence-corrected chi connectivity index (χ0v) is 17.7. The SMILES string of the molecule is O=C(Nc1ccccc1)N1CC2(CCN(Cc3ccc(F)cc3)CC2)c2cc(F)ccc21. The first-order valence-electron chi connectivity index (χ1n) is 10.9. The van der Waals surface area contributed by atoms with Gasteiger partial charge in [0.25, 0.3) is 0 Å². The number of carbonyl (C=O) groups excluding carboxylic acids is 1. The van der Waals surface area contributed by atoms with Gasteiger partial charge in [0, 0.05) is 29.9 Å². The van der Waals surface area contributed by atoms with E-state index in [2.05, 4.69) is 10.2 Å². The van der Waals surface area contributed by atoms with Crippen LogP contribution in [0.5, 0.6) is 0 Å². The Morgan fingerprint density at radius 1 is 0.906 bits per heavy atom. The van der Waals surface area contributed by atoms with Crippen LogP contribution >= 0.6 is 0 Å². The van der Waals surface area contributed by atoms with E-state index in [0.717, 1.165) is 55.0 Å². The van der Waals surface area contributed by atoms with Crippen molar-refractivity contribution >= 4 is 17.4 Å². The molecule has 2 amide bonds. The van der Waals surface area contributed by atoms with E-state index >= 15 is 0 Å². The lowest BCUT2D eigenvalue weighted by Crippen LogP contribution is -2.46. The summed E-state index contributed by atoms with van der Waals surface area (Å²) in [6.07, 6.45) is 1.67. The van der Waals surface area contributed by atoms with E-state index in [0.29, 0.717) is 6.54 Å². The van der Waals surface area contributed by atoms with Gasteiger partial charge in [0.1, 0.15) is 11.6 Å². The molecule has 0 aliphatic carbocycles. The third-order valence-corrected chi connectivity index (χ3v) is 6.68. The van der Waals surface area contributed by atoms with Crippen LogP contribution in [0, 0.1) is 11.6 Å². The minimum absolute atomic E-state index is 0.199. The summed E-state index contributed by atoms with van der Waals surface area (Å²) in [5.41, 5.74) is 3.25. The molecule has 0 saturated carbocycles. The van der Waals surface area contributed by atoms with Gasteiger partial charge in [0.15, 0.2) is 0 Å². The molecular weight excluding hydrogens is 408 g/mol. The maximum atomic E-state index is 14.2. The van der Waals surface area contributed by atoms with Crippen LogP contribution in [0.4, 0.5) is 25.0 Å². The molecule has 3 aromatic carbocycles. The van der Waals surface area contributed by atoms with Crippen LogP contribution in [0.3, 0.4) is 0 Å². The van der Waals surface area contributed by atoms with E-state index in [-0.39, 0.29) is 23.1 Å². The minimum Gasteiger partial charge on any atom is -0.308 e. The predicted molar refractivity (Wildman–Crippen MR) is 122 cm³/mol. The quantitative estimate of drug-likeness (QED) is 0.588. The van der Waals surface area contributed by atoms with Crippen molar-refractivity contribution in [2.75, 3.05) is 29.9 Å². The summed E-state index contributed by atoms with van der Waals surface area (Å²) in [5, 5.41) is 2.96. The molecule has 164 valence electrons. The predicted octanol–water partition coefficient (Wildman–Crippen LogP) is 5.55. The average Bonchev–Trinajstić information content (AvgIpc) is 3.11. The highest BCUT2D eigenvalue weighted by Crippen LogP contribution is 2.47. The summed E-state index contributed by atoms with van der Waals surface area (Å²) in [7, 11) is 0. The minimum atomic E-state index is -0.276. The van der Waals surface area contributed by atoms with Gasteiger partial charge in [-0.25, -0.2) is 13.6 Å². The maximum absolute atomic E-state index is 14.2. The van der Waals surface area contributed by atoms with Gasteiger partial charge in [-0.1, -0.05) is 30.3 Å². The number of para-hydroxylation sites is 1. The summed E-state index contributed by atoms with van der Waals surface area (Å²) in [4.78, 5) is 17.2. The molecule has 0 bridgehead atoms. The van der Waals surface area contributed by atoms with Crippen molar-refractivity contribution in [3.05, 3.63) is 95.6 Å². The Balaban J connectivity index is 1.34. The number of urea groups is 1. The molecule has 0 radical (unpaired) electrons. The lowest BCUT2D eigenvalue weighted by Gasteiger charge is -2.40.